The summed E-state index contributed by atoms with van der Waals surface area (Å²) in [6, 6.07) is 47.5. The molecule has 0 bridgehead atoms. The van der Waals surface area contributed by atoms with Gasteiger partial charge < -0.3 is 9.80 Å². The second-order valence-corrected chi connectivity index (χ2v) is 12.1. The third-order valence-electron chi connectivity index (χ3n) is 7.55. The van der Waals surface area contributed by atoms with Gasteiger partial charge in [-0.25, -0.2) is 9.97 Å². The maximum absolute atomic E-state index is 10.5. The molecule has 45 heavy (non-hydrogen) atoms. The lowest BCUT2D eigenvalue weighted by Gasteiger charge is -2.29. The molecule has 224 valence electrons. The topological polar surface area (TPSA) is 86.6 Å². The molecule has 7 nitrogen and oxygen atoms in total. The Morgan fingerprint density at radius 1 is 0.556 bits per heavy atom. The lowest BCUT2D eigenvalue weighted by Crippen LogP contribution is -2.35. The van der Waals surface area contributed by atoms with Crippen LogP contribution >= 0.6 is 0 Å². The quantitative estimate of drug-likeness (QED) is 0.195. The molecule has 8 heteroatoms. The Balaban J connectivity index is 0.000000276. The van der Waals surface area contributed by atoms with E-state index in [0.717, 1.165) is 51.1 Å². The highest BCUT2D eigenvalue weighted by molar-refractivity contribution is 7.85. The summed E-state index contributed by atoms with van der Waals surface area (Å²) < 4.78 is 29.6. The molecule has 0 amide bonds. The van der Waals surface area contributed by atoms with Crippen LogP contribution in [0.1, 0.15) is 12.5 Å². The fraction of sp³-hybridized carbons (Fsp3) is 0.0811. The average molecular weight is 613 g/mol. The number of hydrogen-bond acceptors (Lipinski definition) is 6. The van der Waals surface area contributed by atoms with Crippen molar-refractivity contribution in [2.24, 2.45) is 0 Å². The van der Waals surface area contributed by atoms with E-state index >= 15 is 0 Å². The maximum atomic E-state index is 10.5. The van der Waals surface area contributed by atoms with Gasteiger partial charge in [0.05, 0.1) is 16.3 Å². The van der Waals surface area contributed by atoms with E-state index in [2.05, 4.69) is 89.5 Å². The minimum Gasteiger partial charge on any atom is -0.302 e. The first kappa shape index (κ1) is 29.7. The minimum atomic E-state index is -4.02. The van der Waals surface area contributed by atoms with Gasteiger partial charge in [0.1, 0.15) is 6.17 Å². The minimum absolute atomic E-state index is 0.00875. The van der Waals surface area contributed by atoms with Crippen LogP contribution in [0.25, 0.3) is 22.5 Å². The molecule has 0 fully saturated rings. The predicted molar refractivity (Wildman–Crippen MR) is 181 cm³/mol. The predicted octanol–water partition coefficient (Wildman–Crippen LogP) is 8.69. The van der Waals surface area contributed by atoms with Crippen molar-refractivity contribution in [2.75, 3.05) is 9.80 Å². The van der Waals surface area contributed by atoms with Gasteiger partial charge in [0.25, 0.3) is 10.1 Å². The Morgan fingerprint density at radius 2 is 0.911 bits per heavy atom. The summed E-state index contributed by atoms with van der Waals surface area (Å²) in [7, 11) is -4.02. The van der Waals surface area contributed by atoms with Crippen molar-refractivity contribution >= 4 is 33.1 Å². The van der Waals surface area contributed by atoms with Crippen LogP contribution in [0, 0.1) is 6.92 Å². The third-order valence-corrected chi connectivity index (χ3v) is 8.41. The summed E-state index contributed by atoms with van der Waals surface area (Å²) >= 11 is 0. The molecule has 0 aliphatic carbocycles. The number of benzene rings is 5. The SMILES string of the molecule is CC1N(c2ccccc2)c2nc(-c3ccccc3)c(-c3ccccc3)nc2N1c1ccccc1.Cc1ccc(S(=O)(=O)O)cc1. The van der Waals surface area contributed by atoms with Crippen LogP contribution in [0.2, 0.25) is 0 Å². The molecule has 2 heterocycles. The number of para-hydroxylation sites is 2. The van der Waals surface area contributed by atoms with Crippen LogP contribution in [0.4, 0.5) is 23.0 Å². The Morgan fingerprint density at radius 3 is 1.27 bits per heavy atom. The largest absolute Gasteiger partial charge is 0.302 e. The smallest absolute Gasteiger partial charge is 0.294 e. The van der Waals surface area contributed by atoms with Gasteiger partial charge in [0.2, 0.25) is 0 Å². The van der Waals surface area contributed by atoms with Gasteiger partial charge in [-0.15, -0.1) is 0 Å². The van der Waals surface area contributed by atoms with Gasteiger partial charge in [0, 0.05) is 22.5 Å². The molecular weight excluding hydrogens is 580 g/mol. The van der Waals surface area contributed by atoms with Crippen molar-refractivity contribution in [1.82, 2.24) is 9.97 Å². The standard InChI is InChI=1S/C30H24N4.C7H8O3S/c1-22-33(25-18-10-4-11-19-25)29-30(34(22)26-20-12-5-13-21-26)32-28(24-16-8-3-9-17-24)27(31-29)23-14-6-2-7-15-23;1-6-2-4-7(5-3-6)11(8,9)10/h2-22H,1H3;2-5H,1H3,(H,8,9,10). The van der Waals surface area contributed by atoms with Gasteiger partial charge >= 0.3 is 0 Å². The van der Waals surface area contributed by atoms with E-state index in [0.29, 0.717) is 0 Å². The van der Waals surface area contributed by atoms with Crippen molar-refractivity contribution in [3.8, 4) is 22.5 Å². The number of fused-ring (bicyclic) bond motifs is 1. The highest BCUT2D eigenvalue weighted by Crippen LogP contribution is 2.47. The Kier molecular flexibility index (Phi) is 8.42. The maximum Gasteiger partial charge on any atom is 0.294 e. The molecule has 0 saturated heterocycles. The second-order valence-electron chi connectivity index (χ2n) is 10.6. The van der Waals surface area contributed by atoms with Gasteiger partial charge in [-0.2, -0.15) is 8.42 Å². The first-order valence-electron chi connectivity index (χ1n) is 14.6. The molecule has 1 aliphatic rings. The highest BCUT2D eigenvalue weighted by atomic mass is 32.2. The summed E-state index contributed by atoms with van der Waals surface area (Å²) in [4.78, 5) is 15.1. The molecule has 0 radical (unpaired) electrons. The molecular formula is C37H32N4O3S. The lowest BCUT2D eigenvalue weighted by molar-refractivity contribution is 0.483. The molecule has 0 spiro atoms. The molecule has 1 aliphatic heterocycles. The Labute approximate surface area is 263 Å². The van der Waals surface area contributed by atoms with E-state index in [-0.39, 0.29) is 11.1 Å². The van der Waals surface area contributed by atoms with Crippen molar-refractivity contribution in [2.45, 2.75) is 24.9 Å². The molecule has 5 aromatic carbocycles. The van der Waals surface area contributed by atoms with Gasteiger partial charge in [0.15, 0.2) is 11.6 Å². The number of rotatable bonds is 5. The Bertz CT molecular complexity index is 1880. The van der Waals surface area contributed by atoms with Crippen molar-refractivity contribution in [3.05, 3.63) is 151 Å². The van der Waals surface area contributed by atoms with Crippen LogP contribution in [-0.4, -0.2) is 29.1 Å². The van der Waals surface area contributed by atoms with Crippen molar-refractivity contribution < 1.29 is 13.0 Å². The number of aryl methyl sites for hydroxylation is 1. The molecule has 1 aromatic heterocycles. The molecule has 7 rings (SSSR count). The van der Waals surface area contributed by atoms with Crippen LogP contribution in [0.3, 0.4) is 0 Å². The molecule has 0 atom stereocenters. The fourth-order valence-electron chi connectivity index (χ4n) is 5.37. The fourth-order valence-corrected chi connectivity index (χ4v) is 5.85. The lowest BCUT2D eigenvalue weighted by atomic mass is 10.0. The van der Waals surface area contributed by atoms with E-state index in [1.807, 2.05) is 55.5 Å². The Hall–Kier alpha value is -5.31. The second kappa shape index (κ2) is 12.7. The van der Waals surface area contributed by atoms with Crippen LogP contribution in [0.5, 0.6) is 0 Å². The first-order valence-corrected chi connectivity index (χ1v) is 16.0. The summed E-state index contributed by atoms with van der Waals surface area (Å²) in [6.45, 7) is 4.04. The third kappa shape index (κ3) is 6.33. The van der Waals surface area contributed by atoms with E-state index in [4.69, 9.17) is 14.5 Å². The number of nitrogens with zero attached hydrogens (tertiary/aromatic N) is 4. The number of aromatic nitrogens is 2. The van der Waals surface area contributed by atoms with Crippen molar-refractivity contribution in [1.29, 1.82) is 0 Å². The van der Waals surface area contributed by atoms with Crippen LogP contribution in [-0.2, 0) is 10.1 Å². The van der Waals surface area contributed by atoms with E-state index in [1.165, 1.54) is 12.1 Å². The van der Waals surface area contributed by atoms with Gasteiger partial charge in [-0.1, -0.05) is 115 Å². The van der Waals surface area contributed by atoms with E-state index in [1.54, 1.807) is 12.1 Å². The monoisotopic (exact) mass is 612 g/mol. The molecule has 6 aromatic rings. The normalized spacial score (nSPS) is 12.8. The zero-order valence-electron chi connectivity index (χ0n) is 24.9. The molecule has 1 N–H and O–H groups in total. The summed E-state index contributed by atoms with van der Waals surface area (Å²) in [5.41, 5.74) is 7.01. The van der Waals surface area contributed by atoms with E-state index in [9.17, 15) is 8.42 Å². The van der Waals surface area contributed by atoms with Crippen LogP contribution in [0.15, 0.2) is 150 Å². The summed E-state index contributed by atoms with van der Waals surface area (Å²) in [5, 5.41) is 0. The van der Waals surface area contributed by atoms with Crippen molar-refractivity contribution in [3.63, 3.8) is 0 Å². The molecule has 0 saturated carbocycles. The highest BCUT2D eigenvalue weighted by Gasteiger charge is 2.38. The van der Waals surface area contributed by atoms with Gasteiger partial charge in [-0.05, 0) is 50.2 Å². The van der Waals surface area contributed by atoms with E-state index < -0.39 is 10.1 Å². The van der Waals surface area contributed by atoms with Crippen LogP contribution < -0.4 is 9.80 Å². The summed E-state index contributed by atoms with van der Waals surface area (Å²) in [5.74, 6) is 1.72. The zero-order valence-corrected chi connectivity index (χ0v) is 25.7. The van der Waals surface area contributed by atoms with Gasteiger partial charge in [-0.3, -0.25) is 4.55 Å². The average Bonchev–Trinajstić information content (AvgIpc) is 3.36. The zero-order chi connectivity index (χ0) is 31.4. The summed E-state index contributed by atoms with van der Waals surface area (Å²) in [6.07, 6.45) is 0.00875. The first-order chi connectivity index (χ1) is 21.8. The molecule has 0 unspecified atom stereocenters. The number of anilines is 4. The number of hydrogen-bond donors (Lipinski definition) is 1.